The molecule has 0 N–H and O–H groups in total. The number of benzene rings is 1. The Balaban J connectivity index is 2.22. The van der Waals surface area contributed by atoms with E-state index < -0.39 is 0 Å². The Hall–Kier alpha value is -2.29. The molecule has 0 spiro atoms. The average Bonchev–Trinajstić information content (AvgIpc) is 3.01. The Labute approximate surface area is 190 Å². The number of pyridine rings is 1. The van der Waals surface area contributed by atoms with Gasteiger partial charge < -0.3 is 9.80 Å². The van der Waals surface area contributed by atoms with Gasteiger partial charge in [-0.1, -0.05) is 20.8 Å². The number of aryl methyl sites for hydroxylation is 2. The van der Waals surface area contributed by atoms with Gasteiger partial charge in [-0.2, -0.15) is 0 Å². The van der Waals surface area contributed by atoms with Crippen LogP contribution in [0.25, 0.3) is 11.3 Å². The molecule has 168 valence electrons. The van der Waals surface area contributed by atoms with E-state index in [2.05, 4.69) is 127 Å². The number of hydrogen-bond donors (Lipinski definition) is 0. The Morgan fingerprint density at radius 1 is 0.935 bits per heavy atom. The zero-order chi connectivity index (χ0) is 23.3. The van der Waals surface area contributed by atoms with Crippen molar-refractivity contribution in [2.24, 2.45) is 12.5 Å². The lowest BCUT2D eigenvalue weighted by molar-refractivity contribution is -0.660. The van der Waals surface area contributed by atoms with E-state index in [0.717, 1.165) is 6.42 Å². The fourth-order valence-corrected chi connectivity index (χ4v) is 4.84. The number of hydrogen-bond acceptors (Lipinski definition) is 2. The van der Waals surface area contributed by atoms with Crippen LogP contribution in [0.4, 0.5) is 5.69 Å². The van der Waals surface area contributed by atoms with Crippen molar-refractivity contribution >= 4 is 5.69 Å². The summed E-state index contributed by atoms with van der Waals surface area (Å²) in [6.45, 7) is 22.9. The molecule has 0 aliphatic carbocycles. The van der Waals surface area contributed by atoms with Crippen LogP contribution in [-0.2, 0) is 13.5 Å². The molecule has 1 atom stereocenters. The molecule has 0 unspecified atom stereocenters. The van der Waals surface area contributed by atoms with Gasteiger partial charge in [0.15, 0.2) is 6.20 Å². The second-order valence-corrected chi connectivity index (χ2v) is 11.5. The minimum atomic E-state index is 0.0873. The maximum Gasteiger partial charge on any atom is 0.215 e. The summed E-state index contributed by atoms with van der Waals surface area (Å²) in [7, 11) is 2.16. The van der Waals surface area contributed by atoms with Crippen molar-refractivity contribution in [3.63, 3.8) is 0 Å². The summed E-state index contributed by atoms with van der Waals surface area (Å²) >= 11 is 0. The summed E-state index contributed by atoms with van der Waals surface area (Å²) in [6.07, 6.45) is 8.03. The normalized spacial score (nSPS) is 17.1. The SMILES string of the molecule is Cc1cc[n+](C)c(-c2cc(CC(C)(C)C)cc(N3C=CN(C(C)(C)C)[C@H]3C)c2C)c1C. The van der Waals surface area contributed by atoms with Crippen molar-refractivity contribution < 1.29 is 4.57 Å². The minimum absolute atomic E-state index is 0.0873. The van der Waals surface area contributed by atoms with Crippen LogP contribution in [0.2, 0.25) is 0 Å². The lowest BCUT2D eigenvalue weighted by Gasteiger charge is -2.39. The summed E-state index contributed by atoms with van der Waals surface area (Å²) in [4.78, 5) is 4.89. The lowest BCUT2D eigenvalue weighted by Crippen LogP contribution is -2.46. The molecule has 2 heterocycles. The van der Waals surface area contributed by atoms with Crippen LogP contribution in [0.1, 0.15) is 70.7 Å². The Morgan fingerprint density at radius 3 is 2.13 bits per heavy atom. The molecule has 0 saturated heterocycles. The van der Waals surface area contributed by atoms with Gasteiger partial charge in [-0.3, -0.25) is 0 Å². The Bertz CT molecular complexity index is 1000. The van der Waals surface area contributed by atoms with Crippen molar-refractivity contribution in [1.29, 1.82) is 0 Å². The van der Waals surface area contributed by atoms with Gasteiger partial charge >= 0.3 is 0 Å². The second kappa shape index (κ2) is 8.00. The van der Waals surface area contributed by atoms with Gasteiger partial charge in [0.1, 0.15) is 13.2 Å². The van der Waals surface area contributed by atoms with Crippen LogP contribution in [0.5, 0.6) is 0 Å². The van der Waals surface area contributed by atoms with E-state index in [-0.39, 0.29) is 17.1 Å². The third kappa shape index (κ3) is 4.66. The van der Waals surface area contributed by atoms with Gasteiger partial charge in [-0.05, 0) is 89.1 Å². The smallest absolute Gasteiger partial charge is 0.215 e. The molecule has 2 aromatic rings. The van der Waals surface area contributed by atoms with Crippen molar-refractivity contribution in [1.82, 2.24) is 4.90 Å². The number of nitrogens with zero attached hydrogens (tertiary/aromatic N) is 3. The third-order valence-corrected chi connectivity index (χ3v) is 6.52. The molecule has 1 aromatic carbocycles. The molecule has 1 aromatic heterocycles. The number of aromatic nitrogens is 1. The second-order valence-electron chi connectivity index (χ2n) is 11.5. The van der Waals surface area contributed by atoms with Crippen LogP contribution >= 0.6 is 0 Å². The summed E-state index contributed by atoms with van der Waals surface area (Å²) < 4.78 is 2.28. The van der Waals surface area contributed by atoms with E-state index >= 15 is 0 Å². The monoisotopic (exact) mass is 420 g/mol. The van der Waals surface area contributed by atoms with E-state index in [1.165, 1.54) is 39.2 Å². The van der Waals surface area contributed by atoms with E-state index in [1.54, 1.807) is 0 Å². The van der Waals surface area contributed by atoms with E-state index in [9.17, 15) is 0 Å². The quantitative estimate of drug-likeness (QED) is 0.530. The third-order valence-electron chi connectivity index (χ3n) is 6.52. The predicted octanol–water partition coefficient (Wildman–Crippen LogP) is 6.43. The highest BCUT2D eigenvalue weighted by Gasteiger charge is 2.33. The van der Waals surface area contributed by atoms with Crippen molar-refractivity contribution in [3.05, 3.63) is 59.0 Å². The topological polar surface area (TPSA) is 10.4 Å². The standard InChI is InChI=1S/C28H42N3/c1-19-12-13-29(11)26(20(19)2)24-16-23(18-27(5,6)7)17-25(21(24)3)30-14-15-31(22(30)4)28(8,9)10/h12-17,22H,18H2,1-11H3/q+1/t22-/m0/s1. The van der Waals surface area contributed by atoms with E-state index in [0.29, 0.717) is 0 Å². The molecule has 0 amide bonds. The molecule has 3 nitrogen and oxygen atoms in total. The van der Waals surface area contributed by atoms with Gasteiger partial charge in [0.05, 0.1) is 5.56 Å². The lowest BCUT2D eigenvalue weighted by atomic mass is 9.85. The minimum Gasteiger partial charge on any atom is -0.351 e. The molecular formula is C28H42N3+. The van der Waals surface area contributed by atoms with Crippen LogP contribution in [0, 0.1) is 26.2 Å². The molecule has 1 aliphatic rings. The van der Waals surface area contributed by atoms with Crippen LogP contribution in [0.3, 0.4) is 0 Å². The first-order valence-electron chi connectivity index (χ1n) is 11.6. The van der Waals surface area contributed by atoms with E-state index in [1.807, 2.05) is 0 Å². The zero-order valence-electron chi connectivity index (χ0n) is 21.6. The van der Waals surface area contributed by atoms with E-state index in [4.69, 9.17) is 0 Å². The molecule has 0 saturated carbocycles. The van der Waals surface area contributed by atoms with Crippen molar-refractivity contribution in [2.75, 3.05) is 4.90 Å². The molecule has 0 radical (unpaired) electrons. The predicted molar refractivity (Wildman–Crippen MR) is 133 cm³/mol. The van der Waals surface area contributed by atoms with Gasteiger partial charge in [0.2, 0.25) is 5.69 Å². The molecule has 3 heteroatoms. The first-order valence-corrected chi connectivity index (χ1v) is 11.6. The van der Waals surface area contributed by atoms with Crippen LogP contribution in [-0.4, -0.2) is 16.6 Å². The highest BCUT2D eigenvalue weighted by Crippen LogP contribution is 2.38. The van der Waals surface area contributed by atoms with Crippen molar-refractivity contribution in [3.8, 4) is 11.3 Å². The van der Waals surface area contributed by atoms with Crippen molar-refractivity contribution in [2.45, 2.75) is 87.4 Å². The largest absolute Gasteiger partial charge is 0.351 e. The summed E-state index contributed by atoms with van der Waals surface area (Å²) in [5.74, 6) is 0. The maximum atomic E-state index is 2.45. The van der Waals surface area contributed by atoms with Gasteiger partial charge in [0.25, 0.3) is 0 Å². The fraction of sp³-hybridized carbons (Fsp3) is 0.536. The molecular weight excluding hydrogens is 378 g/mol. The van der Waals surface area contributed by atoms with Crippen LogP contribution in [0.15, 0.2) is 36.8 Å². The Kier molecular flexibility index (Phi) is 6.03. The van der Waals surface area contributed by atoms with Crippen LogP contribution < -0.4 is 9.47 Å². The first kappa shape index (κ1) is 23.4. The highest BCUT2D eigenvalue weighted by molar-refractivity contribution is 5.75. The molecule has 0 fully saturated rings. The number of anilines is 1. The zero-order valence-corrected chi connectivity index (χ0v) is 21.6. The Morgan fingerprint density at radius 2 is 1.58 bits per heavy atom. The molecule has 31 heavy (non-hydrogen) atoms. The summed E-state index contributed by atoms with van der Waals surface area (Å²) in [6, 6.07) is 7.06. The van der Waals surface area contributed by atoms with Gasteiger partial charge in [-0.25, -0.2) is 4.57 Å². The number of rotatable bonds is 3. The summed E-state index contributed by atoms with van der Waals surface area (Å²) in [5.41, 5.74) is 9.73. The molecule has 0 bridgehead atoms. The average molecular weight is 421 g/mol. The van der Waals surface area contributed by atoms with Gasteiger partial charge in [-0.15, -0.1) is 0 Å². The van der Waals surface area contributed by atoms with Gasteiger partial charge in [0, 0.05) is 35.3 Å². The molecule has 1 aliphatic heterocycles. The molecule has 3 rings (SSSR count). The first-order chi connectivity index (χ1) is 14.2. The highest BCUT2D eigenvalue weighted by atomic mass is 15.4. The maximum absolute atomic E-state index is 2.45. The fourth-order valence-electron chi connectivity index (χ4n) is 4.84. The summed E-state index contributed by atoms with van der Waals surface area (Å²) in [5, 5.41) is 0.